The predicted molar refractivity (Wildman–Crippen MR) is 195 cm³/mol. The van der Waals surface area contributed by atoms with E-state index in [4.69, 9.17) is 0 Å². The summed E-state index contributed by atoms with van der Waals surface area (Å²) in [5, 5.41) is 80.1. The van der Waals surface area contributed by atoms with E-state index in [9.17, 15) is 50.4 Å². The number of carbonyl (C=O) groups excluding carboxylic acids is 2. The molecule has 0 spiro atoms. The molecule has 0 aliphatic heterocycles. The molecule has 0 aliphatic carbocycles. The molecule has 52 heavy (non-hydrogen) atoms. The third-order valence-corrected chi connectivity index (χ3v) is 3.48. The maximum absolute atomic E-state index is 11.4. The van der Waals surface area contributed by atoms with Gasteiger partial charge in [0.2, 0.25) is 0 Å². The third kappa shape index (κ3) is 117. The third-order valence-electron chi connectivity index (χ3n) is 3.48. The van der Waals surface area contributed by atoms with Crippen molar-refractivity contribution in [3.8, 4) is 0 Å². The molecule has 0 aromatic carbocycles. The van der Waals surface area contributed by atoms with Crippen molar-refractivity contribution in [1.82, 2.24) is 0 Å². The molecule has 0 amide bonds. The van der Waals surface area contributed by atoms with Crippen LogP contribution in [-0.4, -0.2) is 48.2 Å². The van der Waals surface area contributed by atoms with E-state index >= 15 is 0 Å². The van der Waals surface area contributed by atoms with Crippen molar-refractivity contribution in [3.05, 3.63) is 23.7 Å². The zero-order chi connectivity index (χ0) is 43.2. The largest absolute Gasteiger partial charge is 4.00 e. The van der Waals surface area contributed by atoms with Gasteiger partial charge >= 0.3 is 52.4 Å². The van der Waals surface area contributed by atoms with Crippen molar-refractivity contribution in [2.75, 3.05) is 0 Å². The van der Waals surface area contributed by atoms with Crippen LogP contribution in [0.25, 0.3) is 0 Å². The molecule has 0 aromatic rings. The molecule has 0 heterocycles. The standard InChI is InChI=1S/2C11H20O2.6C3H7O.2Zr/c2*1-10(2,3)8(12)7-9(13)11(4,5)6;6*1-3(2)4;;/h2*7,12H,1-6H3;6*3H,1-2H3;;/q;;6*-1;2*+4/p-2/b2*8-7-;;;;;;;;. The van der Waals surface area contributed by atoms with Crippen molar-refractivity contribution in [2.24, 2.45) is 21.7 Å². The van der Waals surface area contributed by atoms with Gasteiger partial charge in [-0.05, 0) is 23.0 Å². The Labute approximate surface area is 360 Å². The van der Waals surface area contributed by atoms with E-state index in [1.54, 1.807) is 83.1 Å². The molecule has 0 radical (unpaired) electrons. The monoisotopic (exact) mass is 900 g/mol. The van der Waals surface area contributed by atoms with Gasteiger partial charge in [-0.15, -0.1) is 48.1 Å². The Morgan fingerprint density at radius 3 is 0.500 bits per heavy atom. The van der Waals surface area contributed by atoms with E-state index in [2.05, 4.69) is 0 Å². The molecule has 0 aromatic heterocycles. The van der Waals surface area contributed by atoms with E-state index in [0.717, 1.165) is 0 Å². The summed E-state index contributed by atoms with van der Waals surface area (Å²) in [6.45, 7) is 41.0. The first-order valence-corrected chi connectivity index (χ1v) is 17.3. The van der Waals surface area contributed by atoms with Crippen LogP contribution in [0.15, 0.2) is 23.7 Å². The number of allylic oxidation sites excluding steroid dienone is 4. The summed E-state index contributed by atoms with van der Waals surface area (Å²) in [7, 11) is 0. The van der Waals surface area contributed by atoms with Crippen molar-refractivity contribution in [1.29, 1.82) is 0 Å². The minimum Gasteiger partial charge on any atom is -0.875 e. The van der Waals surface area contributed by atoms with Crippen molar-refractivity contribution >= 4 is 11.6 Å². The maximum atomic E-state index is 11.4. The molecular formula is C40H80O10Zr2. The first-order chi connectivity index (χ1) is 21.5. The quantitative estimate of drug-likeness (QED) is 0.291. The molecule has 0 fully saturated rings. The van der Waals surface area contributed by atoms with Gasteiger partial charge in [-0.3, -0.25) is 9.59 Å². The zero-order valence-corrected chi connectivity index (χ0v) is 42.6. The fourth-order valence-corrected chi connectivity index (χ4v) is 1.10. The Bertz CT molecular complexity index is 721. The number of rotatable bonds is 2. The molecule has 308 valence electrons. The fraction of sp³-hybridized carbons (Fsp3) is 0.850. The maximum Gasteiger partial charge on any atom is 4.00 e. The molecule has 10 nitrogen and oxygen atoms in total. The van der Waals surface area contributed by atoms with Crippen LogP contribution >= 0.6 is 0 Å². The van der Waals surface area contributed by atoms with Crippen LogP contribution in [0, 0.1) is 21.7 Å². The van der Waals surface area contributed by atoms with Gasteiger partial charge in [0, 0.05) is 10.8 Å². The average molecular weight is 904 g/mol. The molecule has 0 saturated carbocycles. The molecule has 0 unspecified atom stereocenters. The molecule has 0 atom stereocenters. The summed E-state index contributed by atoms with van der Waals surface area (Å²) < 4.78 is 0. The molecule has 0 rings (SSSR count). The van der Waals surface area contributed by atoms with Crippen molar-refractivity contribution < 1.29 is 103 Å². The smallest absolute Gasteiger partial charge is 0.875 e. The Balaban J connectivity index is -0.0000000520. The normalized spacial score (nSPS) is 11.4. The zero-order valence-electron chi connectivity index (χ0n) is 37.7. The second kappa shape index (κ2) is 40.6. The van der Waals surface area contributed by atoms with Gasteiger partial charge < -0.3 is 40.9 Å². The molecule has 0 N–H and O–H groups in total. The van der Waals surface area contributed by atoms with Crippen LogP contribution in [-0.2, 0) is 62.0 Å². The van der Waals surface area contributed by atoms with E-state index < -0.39 is 58.3 Å². The van der Waals surface area contributed by atoms with Crippen LogP contribution in [0.1, 0.15) is 166 Å². The molecule has 12 heteroatoms. The van der Waals surface area contributed by atoms with Gasteiger partial charge in [-0.1, -0.05) is 166 Å². The van der Waals surface area contributed by atoms with Crippen LogP contribution in [0.5, 0.6) is 0 Å². The van der Waals surface area contributed by atoms with Crippen LogP contribution in [0.2, 0.25) is 0 Å². The van der Waals surface area contributed by atoms with Crippen molar-refractivity contribution in [2.45, 2.75) is 203 Å². The Kier molecular flexibility index (Phi) is 59.8. The summed E-state index contributed by atoms with van der Waals surface area (Å²) in [5.41, 5.74) is -1.83. The molecule has 0 saturated heterocycles. The SMILES string of the molecule is CC(C)(C)C(=O)/C=C(\[O-])C(C)(C)C.CC(C)(C)C(=O)/C=C(\[O-])C(C)(C)C.CC(C)[O-].CC(C)[O-].CC(C)[O-].CC(C)[O-].CC(C)[O-].CC(C)[O-].[Zr+4].[Zr+4]. The Hall–Kier alpha value is -0.0538. The molecular weight excluding hydrogens is 823 g/mol. The van der Waals surface area contributed by atoms with Crippen LogP contribution in [0.4, 0.5) is 0 Å². The van der Waals surface area contributed by atoms with E-state index in [1.165, 1.54) is 12.2 Å². The van der Waals surface area contributed by atoms with Gasteiger partial charge in [-0.2, -0.15) is 0 Å². The summed E-state index contributed by atoms with van der Waals surface area (Å²) in [6.07, 6.45) is -0.0556. The van der Waals surface area contributed by atoms with Gasteiger partial charge in [-0.25, -0.2) is 0 Å². The Morgan fingerprint density at radius 2 is 0.442 bits per heavy atom. The van der Waals surface area contributed by atoms with E-state index in [1.807, 2.05) is 83.1 Å². The number of hydrogen-bond acceptors (Lipinski definition) is 10. The van der Waals surface area contributed by atoms with Gasteiger partial charge in [0.25, 0.3) is 0 Å². The number of ketones is 2. The second-order valence-electron chi connectivity index (χ2n) is 17.0. The average Bonchev–Trinajstić information content (AvgIpc) is 2.74. The van der Waals surface area contributed by atoms with E-state index in [-0.39, 0.29) is 75.5 Å². The summed E-state index contributed by atoms with van der Waals surface area (Å²) >= 11 is 0. The van der Waals surface area contributed by atoms with Crippen molar-refractivity contribution in [3.63, 3.8) is 0 Å². The first-order valence-electron chi connectivity index (χ1n) is 17.3. The fourth-order valence-electron chi connectivity index (χ4n) is 1.10. The van der Waals surface area contributed by atoms with Crippen LogP contribution < -0.4 is 40.9 Å². The number of hydrogen-bond donors (Lipinski definition) is 0. The van der Waals surface area contributed by atoms with Gasteiger partial charge in [0.05, 0.1) is 0 Å². The minimum atomic E-state index is -0.457. The first kappa shape index (κ1) is 76.6. The second-order valence-corrected chi connectivity index (χ2v) is 17.0. The molecule has 0 bridgehead atoms. The Morgan fingerprint density at radius 1 is 0.346 bits per heavy atom. The summed E-state index contributed by atoms with van der Waals surface area (Å²) in [4.78, 5) is 22.9. The van der Waals surface area contributed by atoms with E-state index in [0.29, 0.717) is 0 Å². The minimum absolute atomic E-state index is 0. The summed E-state index contributed by atoms with van der Waals surface area (Å²) in [6, 6.07) is 0. The topological polar surface area (TPSA) is 219 Å². The van der Waals surface area contributed by atoms with Gasteiger partial charge in [0.1, 0.15) is 0 Å². The molecule has 0 aliphatic rings. The van der Waals surface area contributed by atoms with Gasteiger partial charge in [0.15, 0.2) is 11.6 Å². The van der Waals surface area contributed by atoms with Crippen LogP contribution in [0.3, 0.4) is 0 Å². The summed E-state index contributed by atoms with van der Waals surface area (Å²) in [5.74, 6) is -0.417. The predicted octanol–water partition coefficient (Wildman–Crippen LogP) is 2.31. The number of carbonyl (C=O) groups is 2.